The molecule has 1 fully saturated rings. The standard InChI is InChI=1S/C22H14Cl2F3NO2/c1-2-12-8-9-14(10-16(12)22(25,26)27)29-11-15-20(28-30-21(15)13-6-7-13)19-17(23)4-3-5-18(19)24/h1,3-5,8-10,13H,6-7,11H2. The third kappa shape index (κ3) is 4.00. The second-order valence-electron chi connectivity index (χ2n) is 6.88. The lowest BCUT2D eigenvalue weighted by Gasteiger charge is -2.13. The van der Waals surface area contributed by atoms with Gasteiger partial charge >= 0.3 is 6.18 Å². The van der Waals surface area contributed by atoms with E-state index < -0.39 is 11.7 Å². The third-order valence-corrected chi connectivity index (χ3v) is 5.43. The Labute approximate surface area is 180 Å². The molecule has 0 N–H and O–H groups in total. The summed E-state index contributed by atoms with van der Waals surface area (Å²) in [6.45, 7) is -0.0566. The Balaban J connectivity index is 1.69. The Bertz CT molecular complexity index is 1120. The van der Waals surface area contributed by atoms with Crippen LogP contribution in [0.5, 0.6) is 5.75 Å². The molecule has 3 aromatic rings. The molecule has 1 aromatic heterocycles. The maximum atomic E-state index is 13.3. The van der Waals surface area contributed by atoms with Gasteiger partial charge in [-0.3, -0.25) is 0 Å². The largest absolute Gasteiger partial charge is 0.489 e. The molecule has 0 aliphatic heterocycles. The minimum Gasteiger partial charge on any atom is -0.489 e. The average molecular weight is 452 g/mol. The van der Waals surface area contributed by atoms with Crippen molar-refractivity contribution in [2.45, 2.75) is 31.5 Å². The number of hydrogen-bond donors (Lipinski definition) is 0. The molecule has 0 unspecified atom stereocenters. The van der Waals surface area contributed by atoms with Crippen LogP contribution in [0.3, 0.4) is 0 Å². The van der Waals surface area contributed by atoms with Crippen LogP contribution in [0.25, 0.3) is 11.3 Å². The molecule has 1 saturated carbocycles. The Morgan fingerprint density at radius 1 is 1.17 bits per heavy atom. The lowest BCUT2D eigenvalue weighted by atomic mass is 10.0. The lowest BCUT2D eigenvalue weighted by Crippen LogP contribution is -2.08. The zero-order chi connectivity index (χ0) is 21.5. The molecule has 30 heavy (non-hydrogen) atoms. The van der Waals surface area contributed by atoms with E-state index in [1.54, 1.807) is 18.2 Å². The molecule has 3 nitrogen and oxygen atoms in total. The monoisotopic (exact) mass is 451 g/mol. The number of hydrogen-bond acceptors (Lipinski definition) is 3. The van der Waals surface area contributed by atoms with Crippen molar-refractivity contribution in [3.05, 3.63) is 68.9 Å². The van der Waals surface area contributed by atoms with E-state index in [2.05, 4.69) is 5.16 Å². The Kier molecular flexibility index (Phi) is 5.44. The summed E-state index contributed by atoms with van der Waals surface area (Å²) in [4.78, 5) is 0. The highest BCUT2D eigenvalue weighted by atomic mass is 35.5. The summed E-state index contributed by atoms with van der Waals surface area (Å²) in [5, 5.41) is 4.91. The van der Waals surface area contributed by atoms with Gasteiger partial charge in [-0.25, -0.2) is 0 Å². The van der Waals surface area contributed by atoms with Crippen LogP contribution >= 0.6 is 23.2 Å². The molecule has 1 heterocycles. The van der Waals surface area contributed by atoms with Gasteiger partial charge in [0.05, 0.1) is 21.2 Å². The molecule has 0 amide bonds. The van der Waals surface area contributed by atoms with Crippen molar-refractivity contribution in [3.63, 3.8) is 0 Å². The van der Waals surface area contributed by atoms with Gasteiger partial charge in [-0.05, 0) is 43.2 Å². The number of nitrogens with zero attached hydrogens (tertiary/aromatic N) is 1. The fourth-order valence-electron chi connectivity index (χ4n) is 3.18. The molecule has 0 spiro atoms. The Morgan fingerprint density at radius 3 is 2.47 bits per heavy atom. The number of benzene rings is 2. The first kappa shape index (κ1) is 20.6. The van der Waals surface area contributed by atoms with Crippen LogP contribution in [0.15, 0.2) is 40.9 Å². The van der Waals surface area contributed by atoms with E-state index in [0.29, 0.717) is 32.6 Å². The molecule has 0 saturated heterocycles. The summed E-state index contributed by atoms with van der Waals surface area (Å²) < 4.78 is 51.1. The summed E-state index contributed by atoms with van der Waals surface area (Å²) in [6, 6.07) is 8.55. The van der Waals surface area contributed by atoms with Crippen molar-refractivity contribution in [1.29, 1.82) is 0 Å². The van der Waals surface area contributed by atoms with Crippen LogP contribution in [0.4, 0.5) is 13.2 Å². The molecule has 1 aliphatic carbocycles. The molecule has 0 bridgehead atoms. The highest BCUT2D eigenvalue weighted by Gasteiger charge is 2.35. The predicted octanol–water partition coefficient (Wildman–Crippen LogP) is 7.10. The van der Waals surface area contributed by atoms with Crippen LogP contribution in [0, 0.1) is 12.3 Å². The van der Waals surface area contributed by atoms with Gasteiger partial charge in [0.15, 0.2) is 0 Å². The van der Waals surface area contributed by atoms with Crippen molar-refractivity contribution in [2.24, 2.45) is 0 Å². The predicted molar refractivity (Wildman–Crippen MR) is 108 cm³/mol. The maximum Gasteiger partial charge on any atom is 0.417 e. The number of alkyl halides is 3. The second-order valence-corrected chi connectivity index (χ2v) is 7.70. The molecular formula is C22H14Cl2F3NO2. The first-order valence-electron chi connectivity index (χ1n) is 9.03. The Morgan fingerprint density at radius 2 is 1.87 bits per heavy atom. The van der Waals surface area contributed by atoms with E-state index in [1.165, 1.54) is 12.1 Å². The normalized spacial score (nSPS) is 13.9. The van der Waals surface area contributed by atoms with E-state index in [4.69, 9.17) is 38.9 Å². The van der Waals surface area contributed by atoms with Gasteiger partial charge in [0, 0.05) is 17.0 Å². The fourth-order valence-corrected chi connectivity index (χ4v) is 3.75. The van der Waals surface area contributed by atoms with E-state index in [-0.39, 0.29) is 23.8 Å². The summed E-state index contributed by atoms with van der Waals surface area (Å²) in [5.41, 5.74) is 0.353. The summed E-state index contributed by atoms with van der Waals surface area (Å²) in [6.07, 6.45) is 2.47. The maximum absolute atomic E-state index is 13.3. The minimum atomic E-state index is -4.59. The first-order chi connectivity index (χ1) is 14.3. The van der Waals surface area contributed by atoms with E-state index in [0.717, 1.165) is 18.9 Å². The van der Waals surface area contributed by atoms with Crippen LogP contribution in [-0.2, 0) is 12.8 Å². The zero-order valence-corrected chi connectivity index (χ0v) is 16.9. The van der Waals surface area contributed by atoms with Crippen molar-refractivity contribution < 1.29 is 22.4 Å². The molecule has 0 radical (unpaired) electrons. The van der Waals surface area contributed by atoms with E-state index >= 15 is 0 Å². The fraction of sp³-hybridized carbons (Fsp3) is 0.227. The smallest absolute Gasteiger partial charge is 0.417 e. The number of rotatable bonds is 5. The van der Waals surface area contributed by atoms with Gasteiger partial charge in [-0.1, -0.05) is 40.3 Å². The van der Waals surface area contributed by atoms with Gasteiger partial charge in [-0.2, -0.15) is 13.2 Å². The quantitative estimate of drug-likeness (QED) is 0.387. The average Bonchev–Trinajstić information content (AvgIpc) is 3.46. The number of terminal acetylenes is 1. The number of halogens is 5. The topological polar surface area (TPSA) is 35.3 Å². The van der Waals surface area contributed by atoms with Crippen LogP contribution in [0.1, 0.15) is 41.2 Å². The van der Waals surface area contributed by atoms with Gasteiger partial charge in [-0.15, -0.1) is 6.42 Å². The molecule has 2 aromatic carbocycles. The second kappa shape index (κ2) is 7.90. The first-order valence-corrected chi connectivity index (χ1v) is 9.78. The van der Waals surface area contributed by atoms with Gasteiger partial charge in [0.1, 0.15) is 23.8 Å². The Hall–Kier alpha value is -2.62. The molecule has 154 valence electrons. The van der Waals surface area contributed by atoms with E-state index in [9.17, 15) is 13.2 Å². The van der Waals surface area contributed by atoms with Gasteiger partial charge in [0.2, 0.25) is 0 Å². The summed E-state index contributed by atoms with van der Waals surface area (Å²) in [5.74, 6) is 2.90. The molecule has 0 atom stereocenters. The zero-order valence-electron chi connectivity index (χ0n) is 15.4. The van der Waals surface area contributed by atoms with Crippen LogP contribution in [0.2, 0.25) is 10.0 Å². The highest BCUT2D eigenvalue weighted by Crippen LogP contribution is 2.46. The highest BCUT2D eigenvalue weighted by molar-refractivity contribution is 6.39. The van der Waals surface area contributed by atoms with Crippen LogP contribution < -0.4 is 4.74 Å². The number of ether oxygens (including phenoxy) is 1. The van der Waals surface area contributed by atoms with Crippen molar-refractivity contribution in [1.82, 2.24) is 5.16 Å². The SMILES string of the molecule is C#Cc1ccc(OCc2c(-c3c(Cl)cccc3Cl)noc2C2CC2)cc1C(F)(F)F. The van der Waals surface area contributed by atoms with E-state index in [1.807, 2.05) is 5.92 Å². The summed E-state index contributed by atoms with van der Waals surface area (Å²) in [7, 11) is 0. The van der Waals surface area contributed by atoms with Gasteiger partial charge < -0.3 is 9.26 Å². The van der Waals surface area contributed by atoms with Crippen molar-refractivity contribution in [2.75, 3.05) is 0 Å². The van der Waals surface area contributed by atoms with Crippen molar-refractivity contribution in [3.8, 4) is 29.4 Å². The van der Waals surface area contributed by atoms with Crippen LogP contribution in [-0.4, -0.2) is 5.16 Å². The molecule has 8 heteroatoms. The third-order valence-electron chi connectivity index (χ3n) is 4.80. The minimum absolute atomic E-state index is 0.0282. The number of aromatic nitrogens is 1. The lowest BCUT2D eigenvalue weighted by molar-refractivity contribution is -0.137. The molecule has 4 rings (SSSR count). The molecular weight excluding hydrogens is 438 g/mol. The van der Waals surface area contributed by atoms with Gasteiger partial charge in [0.25, 0.3) is 0 Å². The van der Waals surface area contributed by atoms with Crippen molar-refractivity contribution >= 4 is 23.2 Å². The molecule has 1 aliphatic rings. The summed E-state index contributed by atoms with van der Waals surface area (Å²) >= 11 is 12.6.